The normalized spacial score (nSPS) is 30.1. The van der Waals surface area contributed by atoms with E-state index in [2.05, 4.69) is 12.2 Å². The molecule has 94 valence electrons. The lowest BCUT2D eigenvalue weighted by molar-refractivity contribution is -0.128. The Balaban J connectivity index is 2.49. The van der Waals surface area contributed by atoms with Crippen molar-refractivity contribution in [3.8, 4) is 0 Å². The third-order valence-electron chi connectivity index (χ3n) is 3.24. The average Bonchev–Trinajstić information content (AvgIpc) is 2.26. The number of aliphatic hydroxyl groups excluding tert-OH is 1. The van der Waals surface area contributed by atoms with Crippen LogP contribution in [0.3, 0.4) is 0 Å². The van der Waals surface area contributed by atoms with E-state index in [1.54, 1.807) is 0 Å². The van der Waals surface area contributed by atoms with Crippen LogP contribution in [0.5, 0.6) is 0 Å². The Labute approximate surface area is 97.4 Å². The molecule has 0 radical (unpaired) electrons. The van der Waals surface area contributed by atoms with Crippen LogP contribution >= 0.6 is 0 Å². The summed E-state index contributed by atoms with van der Waals surface area (Å²) in [5.74, 6) is 0.443. The van der Waals surface area contributed by atoms with Crippen molar-refractivity contribution in [3.05, 3.63) is 0 Å². The highest BCUT2D eigenvalue weighted by atomic mass is 16.5. The maximum atomic E-state index is 11.6. The molecule has 0 heterocycles. The Morgan fingerprint density at radius 1 is 1.62 bits per heavy atom. The highest BCUT2D eigenvalue weighted by Crippen LogP contribution is 2.31. The fourth-order valence-corrected chi connectivity index (χ4v) is 2.48. The van der Waals surface area contributed by atoms with Gasteiger partial charge < -0.3 is 15.2 Å². The first-order valence-corrected chi connectivity index (χ1v) is 6.11. The molecule has 2 N–H and O–H groups in total. The Morgan fingerprint density at radius 3 is 2.94 bits per heavy atom. The van der Waals surface area contributed by atoms with E-state index >= 15 is 0 Å². The van der Waals surface area contributed by atoms with Crippen molar-refractivity contribution in [2.75, 3.05) is 19.8 Å². The average molecular weight is 229 g/mol. The Kier molecular flexibility index (Phi) is 5.22. The van der Waals surface area contributed by atoms with Crippen LogP contribution in [0.15, 0.2) is 0 Å². The first-order chi connectivity index (χ1) is 7.62. The molecule has 1 saturated carbocycles. The van der Waals surface area contributed by atoms with E-state index in [9.17, 15) is 9.90 Å². The summed E-state index contributed by atoms with van der Waals surface area (Å²) in [4.78, 5) is 11.6. The van der Waals surface area contributed by atoms with E-state index < -0.39 is 5.54 Å². The molecule has 0 aromatic carbocycles. The largest absolute Gasteiger partial charge is 0.394 e. The van der Waals surface area contributed by atoms with Gasteiger partial charge >= 0.3 is 0 Å². The molecule has 0 saturated heterocycles. The highest BCUT2D eigenvalue weighted by Gasteiger charge is 2.35. The van der Waals surface area contributed by atoms with Gasteiger partial charge in [-0.2, -0.15) is 0 Å². The predicted octanol–water partition coefficient (Wildman–Crippen LogP) is 1.08. The van der Waals surface area contributed by atoms with Crippen molar-refractivity contribution in [2.45, 2.75) is 45.1 Å². The summed E-state index contributed by atoms with van der Waals surface area (Å²) < 4.78 is 5.06. The molecule has 2 atom stereocenters. The molecule has 4 heteroatoms. The van der Waals surface area contributed by atoms with Crippen LogP contribution in [0.1, 0.15) is 39.5 Å². The van der Waals surface area contributed by atoms with Crippen molar-refractivity contribution in [1.82, 2.24) is 5.32 Å². The van der Waals surface area contributed by atoms with Gasteiger partial charge in [0, 0.05) is 6.61 Å². The van der Waals surface area contributed by atoms with Gasteiger partial charge in [0.1, 0.15) is 6.61 Å². The van der Waals surface area contributed by atoms with E-state index in [1.165, 1.54) is 6.42 Å². The van der Waals surface area contributed by atoms with Gasteiger partial charge in [0.15, 0.2) is 0 Å². The van der Waals surface area contributed by atoms with Crippen LogP contribution in [0, 0.1) is 5.92 Å². The lowest BCUT2D eigenvalue weighted by Gasteiger charge is -2.39. The molecule has 0 aromatic rings. The van der Waals surface area contributed by atoms with Crippen LogP contribution in [0.4, 0.5) is 0 Å². The van der Waals surface area contributed by atoms with Gasteiger partial charge in [0.05, 0.1) is 12.1 Å². The van der Waals surface area contributed by atoms with Crippen molar-refractivity contribution in [2.24, 2.45) is 5.92 Å². The molecule has 0 bridgehead atoms. The minimum absolute atomic E-state index is 0.0230. The van der Waals surface area contributed by atoms with E-state index in [4.69, 9.17) is 4.74 Å². The van der Waals surface area contributed by atoms with Crippen LogP contribution in [0.2, 0.25) is 0 Å². The first-order valence-electron chi connectivity index (χ1n) is 6.11. The number of ether oxygens (including phenoxy) is 1. The van der Waals surface area contributed by atoms with Crippen molar-refractivity contribution in [3.63, 3.8) is 0 Å². The highest BCUT2D eigenvalue weighted by molar-refractivity contribution is 5.78. The molecule has 0 aliphatic heterocycles. The van der Waals surface area contributed by atoms with Gasteiger partial charge in [-0.15, -0.1) is 0 Å². The van der Waals surface area contributed by atoms with Crippen molar-refractivity contribution >= 4 is 5.91 Å². The summed E-state index contributed by atoms with van der Waals surface area (Å²) in [7, 11) is 0. The smallest absolute Gasteiger partial charge is 0.246 e. The number of rotatable bonds is 5. The summed E-state index contributed by atoms with van der Waals surface area (Å²) in [6.45, 7) is 4.67. The van der Waals surface area contributed by atoms with Crippen LogP contribution in [-0.2, 0) is 9.53 Å². The lowest BCUT2D eigenvalue weighted by atomic mass is 9.77. The zero-order chi connectivity index (χ0) is 12.0. The number of nitrogens with one attached hydrogen (secondary N) is 1. The molecule has 1 aliphatic carbocycles. The topological polar surface area (TPSA) is 58.6 Å². The SMILES string of the molecule is CCOCC(=O)NC1(CO)CCCC(C)C1. The number of hydrogen-bond acceptors (Lipinski definition) is 3. The summed E-state index contributed by atoms with van der Waals surface area (Å²) >= 11 is 0. The molecule has 16 heavy (non-hydrogen) atoms. The molecule has 4 nitrogen and oxygen atoms in total. The van der Waals surface area contributed by atoms with Gasteiger partial charge in [-0.1, -0.05) is 19.8 Å². The summed E-state index contributed by atoms with van der Waals surface area (Å²) in [6.07, 6.45) is 3.98. The Morgan fingerprint density at radius 2 is 2.38 bits per heavy atom. The van der Waals surface area contributed by atoms with Crippen LogP contribution < -0.4 is 5.32 Å². The van der Waals surface area contributed by atoms with E-state index in [1.807, 2.05) is 6.92 Å². The molecule has 1 aliphatic rings. The predicted molar refractivity (Wildman–Crippen MR) is 62.1 cm³/mol. The molecular weight excluding hydrogens is 206 g/mol. The second-order valence-corrected chi connectivity index (χ2v) is 4.83. The van der Waals surface area contributed by atoms with Crippen molar-refractivity contribution in [1.29, 1.82) is 0 Å². The maximum Gasteiger partial charge on any atom is 0.246 e. The molecule has 1 amide bonds. The van der Waals surface area contributed by atoms with E-state index in [-0.39, 0.29) is 19.1 Å². The maximum absolute atomic E-state index is 11.6. The van der Waals surface area contributed by atoms with Gasteiger partial charge in [0.25, 0.3) is 0 Å². The van der Waals surface area contributed by atoms with Crippen LogP contribution in [-0.4, -0.2) is 36.4 Å². The molecule has 0 spiro atoms. The van der Waals surface area contributed by atoms with E-state index in [0.717, 1.165) is 19.3 Å². The summed E-state index contributed by atoms with van der Waals surface area (Å²) in [5.41, 5.74) is -0.411. The van der Waals surface area contributed by atoms with Crippen LogP contribution in [0.25, 0.3) is 0 Å². The second kappa shape index (κ2) is 6.21. The Bertz CT molecular complexity index is 232. The fourth-order valence-electron chi connectivity index (χ4n) is 2.48. The summed E-state index contributed by atoms with van der Waals surface area (Å²) in [6, 6.07) is 0. The monoisotopic (exact) mass is 229 g/mol. The molecule has 1 rings (SSSR count). The number of carbonyl (C=O) groups is 1. The Hall–Kier alpha value is -0.610. The lowest BCUT2D eigenvalue weighted by Crippen LogP contribution is -2.54. The number of carbonyl (C=O) groups excluding carboxylic acids is 1. The van der Waals surface area contributed by atoms with Gasteiger partial charge in [0.2, 0.25) is 5.91 Å². The van der Waals surface area contributed by atoms with Gasteiger partial charge in [-0.3, -0.25) is 4.79 Å². The molecule has 2 unspecified atom stereocenters. The fraction of sp³-hybridized carbons (Fsp3) is 0.917. The van der Waals surface area contributed by atoms with Crippen molar-refractivity contribution < 1.29 is 14.6 Å². The number of hydrogen-bond donors (Lipinski definition) is 2. The molecular formula is C12H23NO3. The van der Waals surface area contributed by atoms with E-state index in [0.29, 0.717) is 12.5 Å². The molecule has 0 aromatic heterocycles. The van der Waals surface area contributed by atoms with Gasteiger partial charge in [-0.25, -0.2) is 0 Å². The minimum Gasteiger partial charge on any atom is -0.394 e. The zero-order valence-electron chi connectivity index (χ0n) is 10.3. The summed E-state index contributed by atoms with van der Waals surface area (Å²) in [5, 5.41) is 12.4. The molecule has 1 fully saturated rings. The third-order valence-corrected chi connectivity index (χ3v) is 3.24. The third kappa shape index (κ3) is 3.76. The quantitative estimate of drug-likeness (QED) is 0.741. The second-order valence-electron chi connectivity index (χ2n) is 4.83. The minimum atomic E-state index is -0.411. The number of amides is 1. The number of aliphatic hydroxyl groups is 1. The zero-order valence-corrected chi connectivity index (χ0v) is 10.3. The first kappa shape index (κ1) is 13.5. The standard InChI is InChI=1S/C12H23NO3/c1-3-16-8-11(15)13-12(9-14)6-4-5-10(2)7-12/h10,14H,3-9H2,1-2H3,(H,13,15). The van der Waals surface area contributed by atoms with Gasteiger partial charge in [-0.05, 0) is 25.7 Å².